The number of aromatic nitrogens is 1. The predicted octanol–water partition coefficient (Wildman–Crippen LogP) is 3.51. The average Bonchev–Trinajstić information content (AvgIpc) is 3.27. The highest BCUT2D eigenvalue weighted by Crippen LogP contribution is 2.32. The van der Waals surface area contributed by atoms with Crippen LogP contribution in [0, 0.1) is 0 Å². The molecular weight excluding hydrogens is 392 g/mol. The second-order valence-electron chi connectivity index (χ2n) is 5.60. The summed E-state index contributed by atoms with van der Waals surface area (Å²) in [6.45, 7) is 1.21. The topological polar surface area (TPSA) is 77.5 Å². The fraction of sp³-hybridized carbons (Fsp3) is 0.235. The highest BCUT2D eigenvalue weighted by atomic mass is 32.2. The van der Waals surface area contributed by atoms with E-state index in [0.29, 0.717) is 30.4 Å². The van der Waals surface area contributed by atoms with Gasteiger partial charge in [-0.3, -0.25) is 0 Å². The number of thiazole rings is 1. The number of rotatable bonds is 5. The number of hydrogen-bond donors (Lipinski definition) is 1. The van der Waals surface area contributed by atoms with E-state index in [0.717, 1.165) is 16.3 Å². The molecular formula is C17H16N2O4S3. The summed E-state index contributed by atoms with van der Waals surface area (Å²) in [6.07, 6.45) is 0.769. The van der Waals surface area contributed by atoms with E-state index in [1.165, 1.54) is 23.5 Å². The molecule has 0 bridgehead atoms. The molecule has 0 radical (unpaired) electrons. The molecule has 9 heteroatoms. The van der Waals surface area contributed by atoms with Gasteiger partial charge in [-0.15, -0.1) is 22.7 Å². The number of ether oxygens (including phenoxy) is 2. The first kappa shape index (κ1) is 17.5. The Morgan fingerprint density at radius 2 is 1.96 bits per heavy atom. The molecule has 26 heavy (non-hydrogen) atoms. The summed E-state index contributed by atoms with van der Waals surface area (Å²) in [6, 6.07) is 8.62. The highest BCUT2D eigenvalue weighted by molar-refractivity contribution is 7.89. The Morgan fingerprint density at radius 3 is 2.77 bits per heavy atom. The quantitative estimate of drug-likeness (QED) is 0.699. The van der Waals surface area contributed by atoms with Crippen LogP contribution >= 0.6 is 22.7 Å². The second-order valence-corrected chi connectivity index (χ2v) is 9.18. The number of nitrogens with zero attached hydrogens (tertiary/aromatic N) is 1. The third-order valence-electron chi connectivity index (χ3n) is 3.76. The Balaban J connectivity index is 1.48. The van der Waals surface area contributed by atoms with E-state index in [4.69, 9.17) is 9.47 Å². The van der Waals surface area contributed by atoms with Crippen molar-refractivity contribution in [2.75, 3.05) is 13.2 Å². The molecule has 2 aromatic heterocycles. The number of sulfonamides is 1. The van der Waals surface area contributed by atoms with Gasteiger partial charge in [-0.25, -0.2) is 18.1 Å². The minimum atomic E-state index is -3.67. The summed E-state index contributed by atoms with van der Waals surface area (Å²) in [4.78, 5) is 5.71. The standard InChI is InChI=1S/C17H16N2O4S3/c20-26(21,13-4-5-14-15(9-13)23-7-2-6-22-14)18-10-12-11-25-17(19-12)16-3-1-8-24-16/h1,3-5,8-9,11,18H,2,6-7,10H2. The Kier molecular flexibility index (Phi) is 4.94. The van der Waals surface area contributed by atoms with Gasteiger partial charge in [-0.1, -0.05) is 6.07 Å². The highest BCUT2D eigenvalue weighted by Gasteiger charge is 2.19. The first-order valence-corrected chi connectivity index (χ1v) is 11.2. The van der Waals surface area contributed by atoms with Gasteiger partial charge in [0.2, 0.25) is 10.0 Å². The van der Waals surface area contributed by atoms with Gasteiger partial charge < -0.3 is 9.47 Å². The van der Waals surface area contributed by atoms with E-state index in [-0.39, 0.29) is 11.4 Å². The molecule has 136 valence electrons. The van der Waals surface area contributed by atoms with Gasteiger partial charge in [0.1, 0.15) is 5.01 Å². The number of thiophene rings is 1. The minimum Gasteiger partial charge on any atom is -0.490 e. The van der Waals surface area contributed by atoms with Crippen molar-refractivity contribution in [3.05, 3.63) is 46.8 Å². The van der Waals surface area contributed by atoms with Crippen LogP contribution in [0.1, 0.15) is 12.1 Å². The van der Waals surface area contributed by atoms with E-state index in [1.54, 1.807) is 17.4 Å². The van der Waals surface area contributed by atoms with Crippen LogP contribution < -0.4 is 14.2 Å². The van der Waals surface area contributed by atoms with Gasteiger partial charge in [-0.2, -0.15) is 0 Å². The molecule has 0 fully saturated rings. The lowest BCUT2D eigenvalue weighted by atomic mass is 10.3. The third-order valence-corrected chi connectivity index (χ3v) is 7.09. The molecule has 0 atom stereocenters. The lowest BCUT2D eigenvalue weighted by molar-refractivity contribution is 0.297. The summed E-state index contributed by atoms with van der Waals surface area (Å²) < 4.78 is 38.9. The molecule has 0 saturated heterocycles. The Morgan fingerprint density at radius 1 is 1.12 bits per heavy atom. The van der Waals surface area contributed by atoms with Crippen molar-refractivity contribution < 1.29 is 17.9 Å². The number of benzene rings is 1. The van der Waals surface area contributed by atoms with Crippen LogP contribution in [-0.4, -0.2) is 26.6 Å². The molecule has 3 aromatic rings. The second kappa shape index (κ2) is 7.36. The summed E-state index contributed by atoms with van der Waals surface area (Å²) in [5.74, 6) is 1.03. The van der Waals surface area contributed by atoms with E-state index in [1.807, 2.05) is 22.9 Å². The summed E-state index contributed by atoms with van der Waals surface area (Å²) in [5.41, 5.74) is 0.691. The van der Waals surface area contributed by atoms with E-state index >= 15 is 0 Å². The number of fused-ring (bicyclic) bond motifs is 1. The van der Waals surface area contributed by atoms with Crippen LogP contribution in [0.4, 0.5) is 0 Å². The Bertz CT molecular complexity index is 997. The molecule has 0 spiro atoms. The molecule has 1 aliphatic rings. The van der Waals surface area contributed by atoms with Gasteiger partial charge in [0, 0.05) is 17.9 Å². The molecule has 0 amide bonds. The van der Waals surface area contributed by atoms with Crippen molar-refractivity contribution in [2.24, 2.45) is 0 Å². The zero-order valence-corrected chi connectivity index (χ0v) is 16.1. The van der Waals surface area contributed by atoms with Crippen molar-refractivity contribution >= 4 is 32.7 Å². The Labute approximate surface area is 159 Å². The largest absolute Gasteiger partial charge is 0.490 e. The first-order chi connectivity index (χ1) is 12.6. The van der Waals surface area contributed by atoms with Crippen molar-refractivity contribution in [1.82, 2.24) is 9.71 Å². The third kappa shape index (κ3) is 3.75. The molecule has 1 N–H and O–H groups in total. The van der Waals surface area contributed by atoms with E-state index < -0.39 is 10.0 Å². The van der Waals surface area contributed by atoms with Crippen LogP contribution in [0.25, 0.3) is 9.88 Å². The monoisotopic (exact) mass is 408 g/mol. The van der Waals surface area contributed by atoms with Crippen molar-refractivity contribution in [3.8, 4) is 21.4 Å². The molecule has 0 aliphatic carbocycles. The van der Waals surface area contributed by atoms with Crippen LogP contribution in [0.15, 0.2) is 46.0 Å². The van der Waals surface area contributed by atoms with Crippen molar-refractivity contribution in [2.45, 2.75) is 17.9 Å². The fourth-order valence-electron chi connectivity index (χ4n) is 2.46. The summed E-state index contributed by atoms with van der Waals surface area (Å²) in [5, 5.41) is 4.75. The molecule has 4 rings (SSSR count). The van der Waals surface area contributed by atoms with Gasteiger partial charge in [0.25, 0.3) is 0 Å². The smallest absolute Gasteiger partial charge is 0.241 e. The minimum absolute atomic E-state index is 0.138. The van der Waals surface area contributed by atoms with Gasteiger partial charge in [-0.05, 0) is 23.6 Å². The van der Waals surface area contributed by atoms with Crippen LogP contribution in [0.5, 0.6) is 11.5 Å². The number of hydrogen-bond acceptors (Lipinski definition) is 7. The summed E-state index contributed by atoms with van der Waals surface area (Å²) in [7, 11) is -3.67. The van der Waals surface area contributed by atoms with Crippen molar-refractivity contribution in [1.29, 1.82) is 0 Å². The van der Waals surface area contributed by atoms with Crippen LogP contribution in [0.3, 0.4) is 0 Å². The predicted molar refractivity (Wildman–Crippen MR) is 102 cm³/mol. The maximum atomic E-state index is 12.6. The fourth-order valence-corrected chi connectivity index (χ4v) is 5.11. The first-order valence-electron chi connectivity index (χ1n) is 7.99. The maximum Gasteiger partial charge on any atom is 0.241 e. The lowest BCUT2D eigenvalue weighted by Gasteiger charge is -2.10. The molecule has 3 heterocycles. The SMILES string of the molecule is O=S(=O)(NCc1csc(-c2cccs2)n1)c1ccc2c(c1)OCCCO2. The lowest BCUT2D eigenvalue weighted by Crippen LogP contribution is -2.23. The zero-order chi connectivity index (χ0) is 18.0. The van der Waals surface area contributed by atoms with E-state index in [2.05, 4.69) is 9.71 Å². The molecule has 1 aromatic carbocycles. The number of nitrogens with one attached hydrogen (secondary N) is 1. The van der Waals surface area contributed by atoms with Gasteiger partial charge >= 0.3 is 0 Å². The van der Waals surface area contributed by atoms with Crippen LogP contribution in [0.2, 0.25) is 0 Å². The average molecular weight is 409 g/mol. The van der Waals surface area contributed by atoms with Gasteiger partial charge in [0.15, 0.2) is 11.5 Å². The maximum absolute atomic E-state index is 12.6. The van der Waals surface area contributed by atoms with Gasteiger partial charge in [0.05, 0.1) is 35.2 Å². The summed E-state index contributed by atoms with van der Waals surface area (Å²) >= 11 is 3.11. The Hall–Kier alpha value is -1.94. The molecule has 0 unspecified atom stereocenters. The molecule has 6 nitrogen and oxygen atoms in total. The van der Waals surface area contributed by atoms with Crippen molar-refractivity contribution in [3.63, 3.8) is 0 Å². The molecule has 0 saturated carbocycles. The van der Waals surface area contributed by atoms with Crippen LogP contribution in [-0.2, 0) is 16.6 Å². The van der Waals surface area contributed by atoms with E-state index in [9.17, 15) is 8.42 Å². The normalized spacial score (nSPS) is 14.2. The molecule has 1 aliphatic heterocycles. The zero-order valence-electron chi connectivity index (χ0n) is 13.7.